The van der Waals surface area contributed by atoms with Crippen molar-refractivity contribution in [2.45, 2.75) is 6.92 Å². The molecule has 0 unspecified atom stereocenters. The Kier molecular flexibility index (Phi) is 2.64. The molecule has 20 heavy (non-hydrogen) atoms. The Morgan fingerprint density at radius 1 is 1.25 bits per heavy atom. The summed E-state index contributed by atoms with van der Waals surface area (Å²) < 4.78 is 10.2. The first-order valence-corrected chi connectivity index (χ1v) is 5.81. The molecule has 0 spiro atoms. The summed E-state index contributed by atoms with van der Waals surface area (Å²) in [6.07, 6.45) is 0. The van der Waals surface area contributed by atoms with Gasteiger partial charge in [0.05, 0.1) is 0 Å². The summed E-state index contributed by atoms with van der Waals surface area (Å²) in [6.45, 7) is 1.48. The van der Waals surface area contributed by atoms with Gasteiger partial charge in [-0.05, 0) is 19.1 Å². The number of carboxylic acids is 1. The van der Waals surface area contributed by atoms with E-state index in [-0.39, 0.29) is 17.1 Å². The third-order valence-corrected chi connectivity index (χ3v) is 2.94. The van der Waals surface area contributed by atoms with Crippen LogP contribution in [0.3, 0.4) is 0 Å². The first-order valence-electron chi connectivity index (χ1n) is 5.81. The number of aromatic carboxylic acids is 1. The second-order valence-electron chi connectivity index (χ2n) is 4.25. The number of aryl methyl sites for hydroxylation is 1. The van der Waals surface area contributed by atoms with Crippen molar-refractivity contribution < 1.29 is 23.6 Å². The topological polar surface area (TPSA) is 93.5 Å². The van der Waals surface area contributed by atoms with Gasteiger partial charge in [0.2, 0.25) is 11.5 Å². The predicted octanol–water partition coefficient (Wildman–Crippen LogP) is 2.66. The second-order valence-corrected chi connectivity index (χ2v) is 4.25. The van der Waals surface area contributed by atoms with E-state index in [4.69, 9.17) is 14.0 Å². The molecular weight excluding hydrogens is 262 g/mol. The van der Waals surface area contributed by atoms with Crippen LogP contribution >= 0.6 is 0 Å². The lowest BCUT2D eigenvalue weighted by molar-refractivity contribution is 0.0682. The normalized spacial score (nSPS) is 10.8. The van der Waals surface area contributed by atoms with Crippen molar-refractivity contribution in [1.29, 1.82) is 0 Å². The van der Waals surface area contributed by atoms with Crippen molar-refractivity contribution in [2.24, 2.45) is 0 Å². The molecule has 0 atom stereocenters. The predicted molar refractivity (Wildman–Crippen MR) is 67.8 cm³/mol. The first kappa shape index (κ1) is 12.2. The standard InChI is InChI=1S/C14H9NO5/c1-7-11(12(14(17)18)15-20-7)13(16)10-6-8-4-2-3-5-9(8)19-10/h2-6H,1H3,(H,17,18). The number of benzene rings is 1. The molecule has 2 aromatic heterocycles. The highest BCUT2D eigenvalue weighted by Gasteiger charge is 2.28. The molecule has 0 radical (unpaired) electrons. The third kappa shape index (κ3) is 1.78. The zero-order valence-corrected chi connectivity index (χ0v) is 10.4. The summed E-state index contributed by atoms with van der Waals surface area (Å²) in [5.74, 6) is -1.67. The SMILES string of the molecule is Cc1onc(C(=O)O)c1C(=O)c1cc2ccccc2o1. The van der Waals surface area contributed by atoms with E-state index in [9.17, 15) is 9.59 Å². The van der Waals surface area contributed by atoms with E-state index in [0.29, 0.717) is 5.58 Å². The maximum atomic E-state index is 12.4. The van der Waals surface area contributed by atoms with Gasteiger partial charge in [0, 0.05) is 5.39 Å². The molecule has 1 N–H and O–H groups in total. The largest absolute Gasteiger partial charge is 0.476 e. The number of fused-ring (bicyclic) bond motifs is 1. The van der Waals surface area contributed by atoms with Crippen LogP contribution in [0.5, 0.6) is 0 Å². The van der Waals surface area contributed by atoms with Crippen molar-refractivity contribution in [2.75, 3.05) is 0 Å². The van der Waals surface area contributed by atoms with Gasteiger partial charge in [-0.2, -0.15) is 0 Å². The van der Waals surface area contributed by atoms with Crippen molar-refractivity contribution in [3.05, 3.63) is 53.1 Å². The number of hydrogen-bond donors (Lipinski definition) is 1. The van der Waals surface area contributed by atoms with Crippen molar-refractivity contribution in [3.8, 4) is 0 Å². The van der Waals surface area contributed by atoms with Gasteiger partial charge >= 0.3 is 5.97 Å². The van der Waals surface area contributed by atoms with Gasteiger partial charge < -0.3 is 14.0 Å². The van der Waals surface area contributed by atoms with Crippen molar-refractivity contribution in [3.63, 3.8) is 0 Å². The molecule has 6 nitrogen and oxygen atoms in total. The Hall–Kier alpha value is -2.89. The van der Waals surface area contributed by atoms with Crippen LogP contribution in [0.25, 0.3) is 11.0 Å². The fourth-order valence-electron chi connectivity index (χ4n) is 2.00. The molecule has 0 bridgehead atoms. The number of carboxylic acid groups (broad SMARTS) is 1. The van der Waals surface area contributed by atoms with E-state index in [0.717, 1.165) is 5.39 Å². The van der Waals surface area contributed by atoms with Crippen LogP contribution in [-0.2, 0) is 0 Å². The molecule has 0 amide bonds. The van der Waals surface area contributed by atoms with Crippen molar-refractivity contribution >= 4 is 22.7 Å². The molecule has 0 fully saturated rings. The van der Waals surface area contributed by atoms with Gasteiger partial charge in [-0.1, -0.05) is 23.4 Å². The zero-order chi connectivity index (χ0) is 14.3. The Labute approximate surface area is 112 Å². The van der Waals surface area contributed by atoms with Crippen LogP contribution in [0.4, 0.5) is 0 Å². The molecule has 0 aliphatic heterocycles. The van der Waals surface area contributed by atoms with E-state index in [1.165, 1.54) is 6.92 Å². The molecule has 0 aliphatic carbocycles. The van der Waals surface area contributed by atoms with Gasteiger partial charge in [-0.3, -0.25) is 4.79 Å². The van der Waals surface area contributed by atoms with E-state index in [2.05, 4.69) is 5.16 Å². The van der Waals surface area contributed by atoms with Crippen LogP contribution in [0, 0.1) is 6.92 Å². The molecular formula is C14H9NO5. The minimum Gasteiger partial charge on any atom is -0.476 e. The lowest BCUT2D eigenvalue weighted by atomic mass is 10.1. The summed E-state index contributed by atoms with van der Waals surface area (Å²) in [5, 5.41) is 13.2. The van der Waals surface area contributed by atoms with E-state index >= 15 is 0 Å². The molecule has 100 valence electrons. The van der Waals surface area contributed by atoms with Crippen LogP contribution in [0.1, 0.15) is 32.4 Å². The van der Waals surface area contributed by atoms with Crippen LogP contribution in [-0.4, -0.2) is 22.0 Å². The molecule has 0 saturated heterocycles. The summed E-state index contributed by atoms with van der Waals surface area (Å²) in [7, 11) is 0. The number of carbonyl (C=O) groups is 2. The molecule has 0 saturated carbocycles. The maximum absolute atomic E-state index is 12.4. The van der Waals surface area contributed by atoms with Gasteiger partial charge in [0.1, 0.15) is 16.9 Å². The van der Waals surface area contributed by atoms with Gasteiger partial charge in [0.15, 0.2) is 5.76 Å². The second kappa shape index (κ2) is 4.34. The molecule has 6 heteroatoms. The number of carbonyl (C=O) groups excluding carboxylic acids is 1. The van der Waals surface area contributed by atoms with E-state index in [1.54, 1.807) is 24.3 Å². The van der Waals surface area contributed by atoms with Gasteiger partial charge in [0.25, 0.3) is 0 Å². The smallest absolute Gasteiger partial charge is 0.358 e. The highest BCUT2D eigenvalue weighted by molar-refractivity contribution is 6.14. The Morgan fingerprint density at radius 2 is 2.00 bits per heavy atom. The lowest BCUT2D eigenvalue weighted by Gasteiger charge is -1.95. The monoisotopic (exact) mass is 271 g/mol. The Bertz CT molecular complexity index is 794. The minimum atomic E-state index is -1.32. The van der Waals surface area contributed by atoms with E-state index < -0.39 is 17.4 Å². The lowest BCUT2D eigenvalue weighted by Crippen LogP contribution is -2.08. The van der Waals surface area contributed by atoms with Gasteiger partial charge in [-0.15, -0.1) is 0 Å². The average molecular weight is 271 g/mol. The molecule has 2 heterocycles. The van der Waals surface area contributed by atoms with Gasteiger partial charge in [-0.25, -0.2) is 4.79 Å². The third-order valence-electron chi connectivity index (χ3n) is 2.94. The summed E-state index contributed by atoms with van der Waals surface area (Å²) in [5.41, 5.74) is 0.0614. The van der Waals surface area contributed by atoms with Crippen LogP contribution in [0.15, 0.2) is 39.3 Å². The molecule has 1 aromatic carbocycles. The maximum Gasteiger partial charge on any atom is 0.358 e. The van der Waals surface area contributed by atoms with Crippen molar-refractivity contribution in [1.82, 2.24) is 5.16 Å². The Morgan fingerprint density at radius 3 is 2.70 bits per heavy atom. The number of rotatable bonds is 3. The minimum absolute atomic E-state index is 0.0556. The Balaban J connectivity index is 2.13. The van der Waals surface area contributed by atoms with Crippen LogP contribution < -0.4 is 0 Å². The number of ketones is 1. The van der Waals surface area contributed by atoms with Crippen LogP contribution in [0.2, 0.25) is 0 Å². The fraction of sp³-hybridized carbons (Fsp3) is 0.0714. The molecule has 3 rings (SSSR count). The number of furan rings is 1. The zero-order valence-electron chi connectivity index (χ0n) is 10.4. The first-order chi connectivity index (χ1) is 9.58. The summed E-state index contributed by atoms with van der Waals surface area (Å²) in [4.78, 5) is 23.4. The quantitative estimate of drug-likeness (QED) is 0.736. The number of para-hydroxylation sites is 1. The number of hydrogen-bond acceptors (Lipinski definition) is 5. The number of aromatic nitrogens is 1. The highest BCUT2D eigenvalue weighted by atomic mass is 16.5. The molecule has 3 aromatic rings. The molecule has 0 aliphatic rings. The highest BCUT2D eigenvalue weighted by Crippen LogP contribution is 2.24. The fourth-order valence-corrected chi connectivity index (χ4v) is 2.00. The van der Waals surface area contributed by atoms with E-state index in [1.807, 2.05) is 6.07 Å². The summed E-state index contributed by atoms with van der Waals surface area (Å²) in [6, 6.07) is 8.70. The number of nitrogens with zero attached hydrogens (tertiary/aromatic N) is 1. The summed E-state index contributed by atoms with van der Waals surface area (Å²) >= 11 is 0. The average Bonchev–Trinajstić information content (AvgIpc) is 3.01.